The van der Waals surface area contributed by atoms with Crippen molar-refractivity contribution in [3.63, 3.8) is 0 Å². The molecule has 0 atom stereocenters. The molecular formula is C22H19N5O. The monoisotopic (exact) mass is 369 g/mol. The highest BCUT2D eigenvalue weighted by atomic mass is 16.1. The van der Waals surface area contributed by atoms with Crippen LogP contribution in [0.2, 0.25) is 0 Å². The molecule has 3 aromatic heterocycles. The summed E-state index contributed by atoms with van der Waals surface area (Å²) in [5.41, 5.74) is 5.12. The van der Waals surface area contributed by atoms with E-state index in [4.69, 9.17) is 0 Å². The molecule has 1 amide bonds. The molecule has 4 aromatic rings. The second-order valence-corrected chi connectivity index (χ2v) is 6.51. The zero-order valence-corrected chi connectivity index (χ0v) is 15.6. The van der Waals surface area contributed by atoms with Crippen LogP contribution in [0.25, 0.3) is 22.6 Å². The van der Waals surface area contributed by atoms with E-state index in [1.807, 2.05) is 61.5 Å². The number of carbonyl (C=O) groups excluding carboxylic acids is 1. The fraction of sp³-hybridized carbons (Fsp3) is 0.0909. The lowest BCUT2D eigenvalue weighted by Crippen LogP contribution is -2.14. The standard InChI is InChI=1S/C22H19N5O/c1-15-7-5-8-16(13-15)17-10-6-11-19(24-17)22(28)25-20-14-27(2)26-21(20)18-9-3-4-12-23-18/h3-14H,1-2H3,(H,25,28). The molecule has 0 aliphatic heterocycles. The van der Waals surface area contributed by atoms with E-state index in [1.165, 1.54) is 0 Å². The Bertz CT molecular complexity index is 1130. The molecule has 0 aliphatic rings. The predicted octanol–water partition coefficient (Wildman–Crippen LogP) is 4.10. The fourth-order valence-corrected chi connectivity index (χ4v) is 2.98. The van der Waals surface area contributed by atoms with Crippen molar-refractivity contribution in [1.82, 2.24) is 19.7 Å². The van der Waals surface area contributed by atoms with Gasteiger partial charge in [-0.3, -0.25) is 14.5 Å². The Morgan fingerprint density at radius 3 is 2.61 bits per heavy atom. The van der Waals surface area contributed by atoms with Crippen LogP contribution in [-0.2, 0) is 7.05 Å². The maximum absolute atomic E-state index is 12.8. The summed E-state index contributed by atoms with van der Waals surface area (Å²) < 4.78 is 1.65. The molecule has 1 aromatic carbocycles. The Morgan fingerprint density at radius 2 is 1.82 bits per heavy atom. The third kappa shape index (κ3) is 3.66. The fourth-order valence-electron chi connectivity index (χ4n) is 2.98. The van der Waals surface area contributed by atoms with E-state index >= 15 is 0 Å². The molecule has 0 unspecified atom stereocenters. The van der Waals surface area contributed by atoms with Gasteiger partial charge in [-0.25, -0.2) is 4.98 Å². The van der Waals surface area contributed by atoms with E-state index in [-0.39, 0.29) is 5.91 Å². The Morgan fingerprint density at radius 1 is 1.00 bits per heavy atom. The number of aryl methyl sites for hydroxylation is 2. The van der Waals surface area contributed by atoms with Gasteiger partial charge in [-0.2, -0.15) is 5.10 Å². The van der Waals surface area contributed by atoms with Crippen molar-refractivity contribution in [2.75, 3.05) is 5.32 Å². The minimum absolute atomic E-state index is 0.292. The van der Waals surface area contributed by atoms with Gasteiger partial charge in [0, 0.05) is 25.0 Å². The topological polar surface area (TPSA) is 72.7 Å². The summed E-state index contributed by atoms with van der Waals surface area (Å²) in [7, 11) is 1.80. The number of benzene rings is 1. The summed E-state index contributed by atoms with van der Waals surface area (Å²) in [4.78, 5) is 21.7. The van der Waals surface area contributed by atoms with Crippen molar-refractivity contribution in [1.29, 1.82) is 0 Å². The van der Waals surface area contributed by atoms with E-state index < -0.39 is 0 Å². The molecule has 0 spiro atoms. The SMILES string of the molecule is Cc1cccc(-c2cccc(C(=O)Nc3cn(C)nc3-c3ccccn3)n2)c1. The Kier molecular flexibility index (Phi) is 4.68. The summed E-state index contributed by atoms with van der Waals surface area (Å²) in [5, 5.41) is 7.33. The van der Waals surface area contributed by atoms with Gasteiger partial charge in [-0.15, -0.1) is 0 Å². The van der Waals surface area contributed by atoms with E-state index in [0.717, 1.165) is 16.8 Å². The number of pyridine rings is 2. The summed E-state index contributed by atoms with van der Waals surface area (Å²) in [6.45, 7) is 2.03. The summed E-state index contributed by atoms with van der Waals surface area (Å²) in [5.74, 6) is -0.292. The molecule has 4 rings (SSSR count). The molecule has 3 heterocycles. The number of hydrogen-bond donors (Lipinski definition) is 1. The van der Waals surface area contributed by atoms with Gasteiger partial charge < -0.3 is 5.32 Å². The first-order valence-corrected chi connectivity index (χ1v) is 8.90. The molecule has 0 bridgehead atoms. The van der Waals surface area contributed by atoms with Crippen molar-refractivity contribution in [2.24, 2.45) is 7.05 Å². The Labute approximate surface area is 162 Å². The normalized spacial score (nSPS) is 10.6. The van der Waals surface area contributed by atoms with Crippen molar-refractivity contribution in [2.45, 2.75) is 6.92 Å². The Hall–Kier alpha value is -3.80. The minimum Gasteiger partial charge on any atom is -0.317 e. The van der Waals surface area contributed by atoms with Crippen LogP contribution in [0.5, 0.6) is 0 Å². The van der Waals surface area contributed by atoms with Crippen LogP contribution in [-0.4, -0.2) is 25.7 Å². The number of nitrogens with one attached hydrogen (secondary N) is 1. The highest BCUT2D eigenvalue weighted by Crippen LogP contribution is 2.25. The predicted molar refractivity (Wildman–Crippen MR) is 109 cm³/mol. The molecule has 0 radical (unpaired) electrons. The molecule has 1 N–H and O–H groups in total. The molecule has 0 saturated carbocycles. The first-order valence-electron chi connectivity index (χ1n) is 8.90. The summed E-state index contributed by atoms with van der Waals surface area (Å²) >= 11 is 0. The first-order chi connectivity index (χ1) is 13.6. The van der Waals surface area contributed by atoms with E-state index in [1.54, 1.807) is 30.2 Å². The van der Waals surface area contributed by atoms with Gasteiger partial charge >= 0.3 is 0 Å². The second-order valence-electron chi connectivity index (χ2n) is 6.51. The second kappa shape index (κ2) is 7.44. The zero-order valence-electron chi connectivity index (χ0n) is 15.6. The number of carbonyl (C=O) groups is 1. The lowest BCUT2D eigenvalue weighted by Gasteiger charge is -2.07. The number of anilines is 1. The van der Waals surface area contributed by atoms with Crippen LogP contribution < -0.4 is 5.32 Å². The van der Waals surface area contributed by atoms with Crippen molar-refractivity contribution >= 4 is 11.6 Å². The first kappa shape index (κ1) is 17.6. The van der Waals surface area contributed by atoms with Crippen molar-refractivity contribution in [3.8, 4) is 22.6 Å². The number of hydrogen-bond acceptors (Lipinski definition) is 4. The maximum atomic E-state index is 12.8. The van der Waals surface area contributed by atoms with Gasteiger partial charge in [0.25, 0.3) is 5.91 Å². The maximum Gasteiger partial charge on any atom is 0.274 e. The van der Waals surface area contributed by atoms with Gasteiger partial charge in [0.05, 0.1) is 17.1 Å². The average Bonchev–Trinajstić information content (AvgIpc) is 3.09. The quantitative estimate of drug-likeness (QED) is 0.588. The van der Waals surface area contributed by atoms with Crippen molar-refractivity contribution in [3.05, 3.63) is 84.3 Å². The molecule has 0 saturated heterocycles. The van der Waals surface area contributed by atoms with Gasteiger partial charge in [0.1, 0.15) is 11.4 Å². The summed E-state index contributed by atoms with van der Waals surface area (Å²) in [6, 6.07) is 19.1. The van der Waals surface area contributed by atoms with Gasteiger partial charge in [0.2, 0.25) is 0 Å². The molecule has 138 valence electrons. The third-order valence-corrected chi connectivity index (χ3v) is 4.28. The lowest BCUT2D eigenvalue weighted by atomic mass is 10.1. The van der Waals surface area contributed by atoms with Crippen molar-refractivity contribution < 1.29 is 4.79 Å². The molecule has 0 fully saturated rings. The molecule has 0 aliphatic carbocycles. The largest absolute Gasteiger partial charge is 0.317 e. The zero-order chi connectivity index (χ0) is 19.5. The smallest absolute Gasteiger partial charge is 0.274 e. The highest BCUT2D eigenvalue weighted by molar-refractivity contribution is 6.04. The van der Waals surface area contributed by atoms with E-state index in [0.29, 0.717) is 22.8 Å². The lowest BCUT2D eigenvalue weighted by molar-refractivity contribution is 0.102. The third-order valence-electron chi connectivity index (χ3n) is 4.28. The molecule has 28 heavy (non-hydrogen) atoms. The van der Waals surface area contributed by atoms with Gasteiger partial charge in [0.15, 0.2) is 0 Å². The molecule has 6 heteroatoms. The van der Waals surface area contributed by atoms with Crippen LogP contribution >= 0.6 is 0 Å². The minimum atomic E-state index is -0.292. The van der Waals surface area contributed by atoms with Gasteiger partial charge in [-0.05, 0) is 37.3 Å². The van der Waals surface area contributed by atoms with E-state index in [2.05, 4.69) is 20.4 Å². The molecule has 6 nitrogen and oxygen atoms in total. The number of amides is 1. The number of aromatic nitrogens is 4. The van der Waals surface area contributed by atoms with Crippen LogP contribution in [0, 0.1) is 6.92 Å². The van der Waals surface area contributed by atoms with Gasteiger partial charge in [-0.1, -0.05) is 35.9 Å². The van der Waals surface area contributed by atoms with Crippen LogP contribution in [0.3, 0.4) is 0 Å². The van der Waals surface area contributed by atoms with Crippen LogP contribution in [0.4, 0.5) is 5.69 Å². The molecular weight excluding hydrogens is 350 g/mol. The van der Waals surface area contributed by atoms with E-state index in [9.17, 15) is 4.79 Å². The Balaban J connectivity index is 1.63. The number of rotatable bonds is 4. The highest BCUT2D eigenvalue weighted by Gasteiger charge is 2.16. The average molecular weight is 369 g/mol. The van der Waals surface area contributed by atoms with Crippen LogP contribution in [0.15, 0.2) is 73.1 Å². The van der Waals surface area contributed by atoms with Crippen LogP contribution in [0.1, 0.15) is 16.1 Å². The summed E-state index contributed by atoms with van der Waals surface area (Å²) in [6.07, 6.45) is 3.45. The number of nitrogens with zero attached hydrogens (tertiary/aromatic N) is 4.